The van der Waals surface area contributed by atoms with Crippen LogP contribution in [0, 0.1) is 0 Å². The van der Waals surface area contributed by atoms with Crippen molar-refractivity contribution >= 4 is 11.8 Å². The van der Waals surface area contributed by atoms with Crippen molar-refractivity contribution in [3.63, 3.8) is 0 Å². The molecule has 0 aromatic carbocycles. The Kier molecular flexibility index (Phi) is 18.0. The van der Waals surface area contributed by atoms with Gasteiger partial charge in [-0.2, -0.15) is 0 Å². The number of aliphatic hydroxyl groups excluding tert-OH is 10. The number of hydrogen-bond acceptors (Lipinski definition) is 18. The molecule has 0 aromatic rings. The second kappa shape index (κ2) is 21.1. The van der Waals surface area contributed by atoms with Crippen LogP contribution in [0.4, 0.5) is 0 Å². The molecule has 0 aliphatic carbocycles. The lowest BCUT2D eigenvalue weighted by Gasteiger charge is -2.46. The summed E-state index contributed by atoms with van der Waals surface area (Å²) in [4.78, 5) is 23.8. The van der Waals surface area contributed by atoms with Crippen molar-refractivity contribution in [3.05, 3.63) is 0 Å². The Balaban J connectivity index is 1.58. The van der Waals surface area contributed by atoms with Crippen molar-refractivity contribution in [1.82, 2.24) is 10.6 Å². The van der Waals surface area contributed by atoms with Crippen LogP contribution in [-0.2, 0) is 38.0 Å². The Bertz CT molecular complexity index is 1010. The number of ether oxygens (including phenoxy) is 6. The average molecular weight is 731 g/mol. The molecule has 20 nitrogen and oxygen atoms in total. The fraction of sp³-hybridized carbons (Fsp3) is 0.933. The molecule has 3 fully saturated rings. The summed E-state index contributed by atoms with van der Waals surface area (Å²) in [6.07, 6.45) is -21.3. The summed E-state index contributed by atoms with van der Waals surface area (Å²) < 4.78 is 33.2. The third-order valence-electron chi connectivity index (χ3n) is 8.69. The molecule has 0 radical (unpaired) electrons. The topological polar surface area (TPSA) is 316 Å². The molecule has 3 heterocycles. The third-order valence-corrected chi connectivity index (χ3v) is 8.69. The molecule has 0 aromatic heterocycles. The van der Waals surface area contributed by atoms with Gasteiger partial charge in [0, 0.05) is 25.9 Å². The van der Waals surface area contributed by atoms with Crippen LogP contribution in [-0.4, -0.2) is 195 Å². The molecule has 50 heavy (non-hydrogen) atoms. The van der Waals surface area contributed by atoms with E-state index in [1.54, 1.807) is 0 Å². The summed E-state index contributed by atoms with van der Waals surface area (Å²) in [6, 6.07) is 0. The molecule has 15 atom stereocenters. The summed E-state index contributed by atoms with van der Waals surface area (Å²) >= 11 is 0. The first-order chi connectivity index (χ1) is 23.8. The van der Waals surface area contributed by atoms with Gasteiger partial charge in [0.15, 0.2) is 18.9 Å². The van der Waals surface area contributed by atoms with E-state index in [2.05, 4.69) is 10.6 Å². The van der Waals surface area contributed by atoms with Gasteiger partial charge in [-0.1, -0.05) is 12.8 Å². The molecule has 3 aliphatic rings. The fourth-order valence-electron chi connectivity index (χ4n) is 5.73. The van der Waals surface area contributed by atoms with Crippen LogP contribution in [0.2, 0.25) is 0 Å². The summed E-state index contributed by atoms with van der Waals surface area (Å²) in [5, 5.41) is 108. The van der Waals surface area contributed by atoms with Gasteiger partial charge in [0.05, 0.1) is 26.4 Å². The lowest BCUT2D eigenvalue weighted by atomic mass is 9.96. The SMILES string of the molecule is CCNC(=O)CCCCCCC(=O)NCCO[C@@H]1O[C@H](CO[C@H]2O[C@H](CO)[C@@H](O)[C@H](O)[C@@H]2O)[C@@H](O)[C@H](O[C@H]2O[C@H](CO)[C@@H](O)[C@H](O)[C@@H]2O)[C@H]1O. The van der Waals surface area contributed by atoms with Gasteiger partial charge in [0.2, 0.25) is 11.8 Å². The van der Waals surface area contributed by atoms with E-state index in [1.165, 1.54) is 0 Å². The van der Waals surface area contributed by atoms with E-state index in [1.807, 2.05) is 6.92 Å². The molecule has 0 saturated carbocycles. The molecule has 20 heteroatoms. The highest BCUT2D eigenvalue weighted by Gasteiger charge is 2.52. The van der Waals surface area contributed by atoms with Gasteiger partial charge in [-0.3, -0.25) is 9.59 Å². The first-order valence-corrected chi connectivity index (χ1v) is 16.9. The van der Waals surface area contributed by atoms with Crippen molar-refractivity contribution in [2.45, 2.75) is 138 Å². The van der Waals surface area contributed by atoms with Crippen LogP contribution < -0.4 is 10.6 Å². The van der Waals surface area contributed by atoms with Crippen molar-refractivity contribution in [2.24, 2.45) is 0 Å². The molecule has 3 aliphatic heterocycles. The minimum absolute atomic E-state index is 0.00454. The van der Waals surface area contributed by atoms with Gasteiger partial charge >= 0.3 is 0 Å². The van der Waals surface area contributed by atoms with E-state index in [4.69, 9.17) is 28.4 Å². The Hall–Kier alpha value is -1.70. The minimum atomic E-state index is -1.88. The summed E-state index contributed by atoms with van der Waals surface area (Å²) in [5.41, 5.74) is 0. The minimum Gasteiger partial charge on any atom is -0.394 e. The van der Waals surface area contributed by atoms with Gasteiger partial charge in [0.25, 0.3) is 0 Å². The standard InChI is InChI=1S/C30H54N2O18/c1-2-31-17(35)7-5-3-4-6-8-18(36)32-9-10-45-29-26(44)27(50-30-25(43)23(41)20(38)15(12-34)48-30)21(39)16(49-29)13-46-28-24(42)22(40)19(37)14(11-33)47-28/h14-16,19-30,33-34,37-44H,2-13H2,1H3,(H,31,35)(H,32,36)/t14-,15-,16-,19-,20-,21-,22+,23+,24+,25+,26-,27+,28+,29-,30-/m1/s1. The second-order valence-corrected chi connectivity index (χ2v) is 12.4. The number of hydrogen-bond donors (Lipinski definition) is 12. The first-order valence-electron chi connectivity index (χ1n) is 16.9. The molecule has 0 spiro atoms. The molecular weight excluding hydrogens is 676 g/mol. The highest BCUT2D eigenvalue weighted by molar-refractivity contribution is 5.76. The molecule has 292 valence electrons. The van der Waals surface area contributed by atoms with Gasteiger partial charge in [-0.25, -0.2) is 0 Å². The van der Waals surface area contributed by atoms with Crippen LogP contribution in [0.5, 0.6) is 0 Å². The normalized spacial score (nSPS) is 39.2. The molecular formula is C30H54N2O18. The van der Waals surface area contributed by atoms with E-state index in [0.717, 1.165) is 19.3 Å². The van der Waals surface area contributed by atoms with E-state index in [9.17, 15) is 60.7 Å². The predicted octanol–water partition coefficient (Wildman–Crippen LogP) is -5.96. The van der Waals surface area contributed by atoms with Crippen LogP contribution in [0.25, 0.3) is 0 Å². The van der Waals surface area contributed by atoms with Crippen molar-refractivity contribution < 1.29 is 89.1 Å². The zero-order valence-corrected chi connectivity index (χ0v) is 27.9. The highest BCUT2D eigenvalue weighted by Crippen LogP contribution is 2.31. The Morgan fingerprint density at radius 3 is 1.64 bits per heavy atom. The lowest BCUT2D eigenvalue weighted by Crippen LogP contribution is -2.65. The quantitative estimate of drug-likeness (QED) is 0.0551. The zero-order valence-electron chi connectivity index (χ0n) is 27.9. The highest BCUT2D eigenvalue weighted by atomic mass is 16.7. The monoisotopic (exact) mass is 730 g/mol. The largest absolute Gasteiger partial charge is 0.394 e. The number of carbonyl (C=O) groups is 2. The van der Waals surface area contributed by atoms with Crippen LogP contribution in [0.3, 0.4) is 0 Å². The number of carbonyl (C=O) groups excluding carboxylic acids is 2. The van der Waals surface area contributed by atoms with Gasteiger partial charge in [0.1, 0.15) is 73.2 Å². The number of aliphatic hydroxyl groups is 10. The number of rotatable bonds is 19. The maximum absolute atomic E-state index is 12.3. The fourth-order valence-corrected chi connectivity index (χ4v) is 5.73. The summed E-state index contributed by atoms with van der Waals surface area (Å²) in [7, 11) is 0. The Labute approximate surface area is 288 Å². The Morgan fingerprint density at radius 2 is 1.08 bits per heavy atom. The van der Waals surface area contributed by atoms with Crippen molar-refractivity contribution in [1.29, 1.82) is 0 Å². The van der Waals surface area contributed by atoms with Crippen LogP contribution >= 0.6 is 0 Å². The first kappa shape index (κ1) is 42.7. The van der Waals surface area contributed by atoms with E-state index in [0.29, 0.717) is 19.4 Å². The lowest BCUT2D eigenvalue weighted by molar-refractivity contribution is -0.366. The summed E-state index contributed by atoms with van der Waals surface area (Å²) in [5.74, 6) is -0.265. The van der Waals surface area contributed by atoms with E-state index in [-0.39, 0.29) is 31.4 Å². The maximum atomic E-state index is 12.3. The zero-order chi connectivity index (χ0) is 37.0. The molecule has 12 N–H and O–H groups in total. The summed E-state index contributed by atoms with van der Waals surface area (Å²) in [6.45, 7) is 0.129. The number of nitrogens with one attached hydrogen (secondary N) is 2. The van der Waals surface area contributed by atoms with Crippen LogP contribution in [0.15, 0.2) is 0 Å². The second-order valence-electron chi connectivity index (χ2n) is 12.4. The molecule has 3 saturated heterocycles. The number of unbranched alkanes of at least 4 members (excludes halogenated alkanes) is 3. The smallest absolute Gasteiger partial charge is 0.220 e. The van der Waals surface area contributed by atoms with Gasteiger partial charge in [-0.15, -0.1) is 0 Å². The molecule has 2 amide bonds. The van der Waals surface area contributed by atoms with Crippen LogP contribution in [0.1, 0.15) is 45.4 Å². The van der Waals surface area contributed by atoms with Gasteiger partial charge < -0.3 is 90.1 Å². The molecule has 0 bridgehead atoms. The maximum Gasteiger partial charge on any atom is 0.220 e. The van der Waals surface area contributed by atoms with Crippen molar-refractivity contribution in [3.8, 4) is 0 Å². The third kappa shape index (κ3) is 11.7. The molecule has 3 rings (SSSR count). The average Bonchev–Trinajstić information content (AvgIpc) is 3.10. The van der Waals surface area contributed by atoms with Crippen molar-refractivity contribution in [2.75, 3.05) is 39.5 Å². The van der Waals surface area contributed by atoms with E-state index >= 15 is 0 Å². The Morgan fingerprint density at radius 1 is 0.580 bits per heavy atom. The van der Waals surface area contributed by atoms with E-state index < -0.39 is 112 Å². The predicted molar refractivity (Wildman–Crippen MR) is 164 cm³/mol. The van der Waals surface area contributed by atoms with Gasteiger partial charge in [-0.05, 0) is 19.8 Å². The number of amides is 2. The molecule has 0 unspecified atom stereocenters.